The first kappa shape index (κ1) is 10.2. The van der Waals surface area contributed by atoms with Crippen LogP contribution in [0.4, 0.5) is 0 Å². The van der Waals surface area contributed by atoms with Crippen molar-refractivity contribution < 1.29 is 9.90 Å². The number of carboxylic acid groups (broad SMARTS) is 1. The molecule has 0 amide bonds. The Morgan fingerprint density at radius 3 is 2.80 bits per heavy atom. The highest BCUT2D eigenvalue weighted by molar-refractivity contribution is 5.76. The molecule has 3 heteroatoms. The monoisotopic (exact) mass is 205 g/mol. The maximum Gasteiger partial charge on any atom is 0.325 e. The summed E-state index contributed by atoms with van der Waals surface area (Å²) in [5.74, 6) is -0.950. The van der Waals surface area contributed by atoms with Gasteiger partial charge in [-0.2, -0.15) is 0 Å². The van der Waals surface area contributed by atoms with Gasteiger partial charge in [0.2, 0.25) is 0 Å². The first-order valence-corrected chi connectivity index (χ1v) is 5.29. The van der Waals surface area contributed by atoms with Crippen molar-refractivity contribution in [1.82, 2.24) is 0 Å². The molecule has 0 saturated carbocycles. The van der Waals surface area contributed by atoms with Crippen LogP contribution >= 0.6 is 0 Å². The van der Waals surface area contributed by atoms with Gasteiger partial charge in [0.1, 0.15) is 6.04 Å². The minimum atomic E-state index is -0.950. The first-order valence-electron chi connectivity index (χ1n) is 5.29. The second-order valence-electron chi connectivity index (χ2n) is 4.01. The van der Waals surface area contributed by atoms with E-state index in [1.54, 1.807) is 0 Å². The molecule has 0 aromatic heterocycles. The number of carboxylic acids is 1. The lowest BCUT2D eigenvalue weighted by Gasteiger charge is -2.20. The third kappa shape index (κ3) is 1.88. The number of aryl methyl sites for hydroxylation is 1. The van der Waals surface area contributed by atoms with E-state index in [9.17, 15) is 4.79 Å². The zero-order chi connectivity index (χ0) is 10.8. The van der Waals surface area contributed by atoms with Crippen molar-refractivity contribution >= 4 is 5.97 Å². The summed E-state index contributed by atoms with van der Waals surface area (Å²) in [4.78, 5) is 10.9. The van der Waals surface area contributed by atoms with Gasteiger partial charge in [-0.05, 0) is 42.4 Å². The van der Waals surface area contributed by atoms with Gasteiger partial charge in [-0.3, -0.25) is 4.79 Å². The predicted octanol–water partition coefficient (Wildman–Crippen LogP) is 1.65. The van der Waals surface area contributed by atoms with E-state index < -0.39 is 12.0 Å². The van der Waals surface area contributed by atoms with E-state index in [0.717, 1.165) is 24.8 Å². The van der Waals surface area contributed by atoms with Gasteiger partial charge in [-0.1, -0.05) is 18.2 Å². The lowest BCUT2D eigenvalue weighted by atomic mass is 9.86. The largest absolute Gasteiger partial charge is 0.480 e. The standard InChI is InChI=1S/C12H15NO2/c13-11(12(14)15)10-7-3-5-8-4-1-2-6-9(8)10/h3,5,7,11H,1-2,4,6,13H2,(H,14,15). The normalized spacial score (nSPS) is 16.9. The predicted molar refractivity (Wildman–Crippen MR) is 57.6 cm³/mol. The smallest absolute Gasteiger partial charge is 0.325 e. The molecule has 0 fully saturated rings. The van der Waals surface area contributed by atoms with Crippen LogP contribution in [-0.2, 0) is 17.6 Å². The van der Waals surface area contributed by atoms with Gasteiger partial charge in [-0.15, -0.1) is 0 Å². The molecule has 0 heterocycles. The first-order chi connectivity index (χ1) is 7.20. The van der Waals surface area contributed by atoms with Gasteiger partial charge in [-0.25, -0.2) is 0 Å². The van der Waals surface area contributed by atoms with Gasteiger partial charge < -0.3 is 10.8 Å². The molecule has 1 aliphatic carbocycles. The highest BCUT2D eigenvalue weighted by atomic mass is 16.4. The highest BCUT2D eigenvalue weighted by Gasteiger charge is 2.21. The van der Waals surface area contributed by atoms with Gasteiger partial charge in [0.25, 0.3) is 0 Å². The molecule has 3 nitrogen and oxygen atoms in total. The molecule has 1 aromatic rings. The Balaban J connectivity index is 2.43. The fourth-order valence-corrected chi connectivity index (χ4v) is 2.24. The van der Waals surface area contributed by atoms with E-state index in [1.165, 1.54) is 17.5 Å². The lowest BCUT2D eigenvalue weighted by molar-refractivity contribution is -0.138. The Hall–Kier alpha value is -1.35. The van der Waals surface area contributed by atoms with Crippen LogP contribution in [0.25, 0.3) is 0 Å². The van der Waals surface area contributed by atoms with Crippen LogP contribution in [0.5, 0.6) is 0 Å². The number of fused-ring (bicyclic) bond motifs is 1. The van der Waals surface area contributed by atoms with E-state index >= 15 is 0 Å². The Morgan fingerprint density at radius 1 is 1.33 bits per heavy atom. The maximum absolute atomic E-state index is 10.9. The molecule has 3 N–H and O–H groups in total. The van der Waals surface area contributed by atoms with Crippen molar-refractivity contribution in [3.63, 3.8) is 0 Å². The van der Waals surface area contributed by atoms with Gasteiger partial charge >= 0.3 is 5.97 Å². The topological polar surface area (TPSA) is 63.3 Å². The second kappa shape index (κ2) is 4.03. The second-order valence-corrected chi connectivity index (χ2v) is 4.01. The van der Waals surface area contributed by atoms with Gasteiger partial charge in [0.15, 0.2) is 0 Å². The van der Waals surface area contributed by atoms with Crippen LogP contribution < -0.4 is 5.73 Å². The minimum Gasteiger partial charge on any atom is -0.480 e. The van der Waals surface area contributed by atoms with E-state index in [4.69, 9.17) is 10.8 Å². The third-order valence-electron chi connectivity index (χ3n) is 3.03. The summed E-state index contributed by atoms with van der Waals surface area (Å²) >= 11 is 0. The summed E-state index contributed by atoms with van der Waals surface area (Å²) in [5.41, 5.74) is 8.89. The molecule has 1 aromatic carbocycles. The molecule has 15 heavy (non-hydrogen) atoms. The maximum atomic E-state index is 10.9. The Labute approximate surface area is 88.9 Å². The van der Waals surface area contributed by atoms with E-state index in [-0.39, 0.29) is 0 Å². The third-order valence-corrected chi connectivity index (χ3v) is 3.03. The fourth-order valence-electron chi connectivity index (χ4n) is 2.24. The average molecular weight is 205 g/mol. The number of nitrogens with two attached hydrogens (primary N) is 1. The number of carbonyl (C=O) groups is 1. The van der Waals surface area contributed by atoms with Crippen molar-refractivity contribution in [3.8, 4) is 0 Å². The van der Waals surface area contributed by atoms with Crippen LogP contribution in [-0.4, -0.2) is 11.1 Å². The number of aliphatic carboxylic acids is 1. The zero-order valence-electron chi connectivity index (χ0n) is 8.57. The summed E-state index contributed by atoms with van der Waals surface area (Å²) in [7, 11) is 0. The zero-order valence-corrected chi connectivity index (χ0v) is 8.57. The van der Waals surface area contributed by atoms with Crippen LogP contribution in [0, 0.1) is 0 Å². The Bertz CT molecular complexity index is 387. The van der Waals surface area contributed by atoms with Crippen molar-refractivity contribution in [3.05, 3.63) is 34.9 Å². The van der Waals surface area contributed by atoms with Crippen molar-refractivity contribution in [2.45, 2.75) is 31.7 Å². The minimum absolute atomic E-state index is 0.791. The van der Waals surface area contributed by atoms with Crippen LogP contribution in [0.3, 0.4) is 0 Å². The number of benzene rings is 1. The summed E-state index contributed by atoms with van der Waals surface area (Å²) in [6.45, 7) is 0. The molecule has 0 saturated heterocycles. The average Bonchev–Trinajstić information content (AvgIpc) is 2.27. The molecule has 0 spiro atoms. The number of hydrogen-bond acceptors (Lipinski definition) is 2. The van der Waals surface area contributed by atoms with Crippen molar-refractivity contribution in [2.75, 3.05) is 0 Å². The fraction of sp³-hybridized carbons (Fsp3) is 0.417. The molecule has 1 unspecified atom stereocenters. The van der Waals surface area contributed by atoms with E-state index in [1.807, 2.05) is 12.1 Å². The Morgan fingerprint density at radius 2 is 2.07 bits per heavy atom. The molecule has 0 bridgehead atoms. The molecular formula is C12H15NO2. The number of hydrogen-bond donors (Lipinski definition) is 2. The molecule has 0 aliphatic heterocycles. The number of rotatable bonds is 2. The molecule has 2 rings (SSSR count). The molecule has 1 atom stereocenters. The Kier molecular flexibility index (Phi) is 2.73. The lowest BCUT2D eigenvalue weighted by Crippen LogP contribution is -2.23. The van der Waals surface area contributed by atoms with Gasteiger partial charge in [0, 0.05) is 0 Å². The van der Waals surface area contributed by atoms with Crippen molar-refractivity contribution in [2.24, 2.45) is 5.73 Å². The summed E-state index contributed by atoms with van der Waals surface area (Å²) in [6.07, 6.45) is 4.34. The molecular weight excluding hydrogens is 190 g/mol. The van der Waals surface area contributed by atoms with Crippen LogP contribution in [0.1, 0.15) is 35.6 Å². The summed E-state index contributed by atoms with van der Waals surface area (Å²) in [6, 6.07) is 4.94. The molecule has 80 valence electrons. The van der Waals surface area contributed by atoms with Gasteiger partial charge in [0.05, 0.1) is 0 Å². The van der Waals surface area contributed by atoms with E-state index in [2.05, 4.69) is 6.07 Å². The van der Waals surface area contributed by atoms with Crippen LogP contribution in [0.2, 0.25) is 0 Å². The van der Waals surface area contributed by atoms with Crippen molar-refractivity contribution in [1.29, 1.82) is 0 Å². The van der Waals surface area contributed by atoms with E-state index in [0.29, 0.717) is 0 Å². The SMILES string of the molecule is NC(C(=O)O)c1cccc2c1CCCC2. The van der Waals surface area contributed by atoms with Crippen LogP contribution in [0.15, 0.2) is 18.2 Å². The molecule has 1 aliphatic rings. The highest BCUT2D eigenvalue weighted by Crippen LogP contribution is 2.27. The quantitative estimate of drug-likeness (QED) is 0.771. The molecule has 0 radical (unpaired) electrons. The summed E-state index contributed by atoms with van der Waals surface area (Å²) in [5, 5.41) is 8.91. The summed E-state index contributed by atoms with van der Waals surface area (Å²) < 4.78 is 0.